The molecule has 0 heterocycles. The van der Waals surface area contributed by atoms with E-state index >= 15 is 0 Å². The zero-order chi connectivity index (χ0) is 10.8. The van der Waals surface area contributed by atoms with Gasteiger partial charge in [0.1, 0.15) is 5.82 Å². The van der Waals surface area contributed by atoms with Crippen molar-refractivity contribution >= 4 is 5.69 Å². The molecule has 2 N–H and O–H groups in total. The topological polar surface area (TPSA) is 26.0 Å². The van der Waals surface area contributed by atoms with Gasteiger partial charge in [-0.05, 0) is 30.2 Å². The van der Waals surface area contributed by atoms with Gasteiger partial charge in [0.2, 0.25) is 0 Å². The fraction of sp³-hybridized carbons (Fsp3) is 0.0769. The minimum atomic E-state index is -0.165. The van der Waals surface area contributed by atoms with Gasteiger partial charge in [-0.1, -0.05) is 30.3 Å². The van der Waals surface area contributed by atoms with Crippen molar-refractivity contribution < 1.29 is 4.39 Å². The molecule has 0 spiro atoms. The standard InChI is InChI=1S/C13H12FN/c1-9-3-2-4-12(13(9)14)10-5-7-11(15)8-6-10/h2-8H,15H2,1H3. The van der Waals surface area contributed by atoms with Crippen LogP contribution in [0.15, 0.2) is 42.5 Å². The molecule has 0 aromatic heterocycles. The van der Waals surface area contributed by atoms with Crippen molar-refractivity contribution in [1.82, 2.24) is 0 Å². The van der Waals surface area contributed by atoms with Crippen molar-refractivity contribution in [2.45, 2.75) is 6.92 Å². The Kier molecular flexibility index (Phi) is 2.42. The van der Waals surface area contributed by atoms with Crippen LogP contribution in [0, 0.1) is 12.7 Å². The van der Waals surface area contributed by atoms with Gasteiger partial charge in [0, 0.05) is 11.3 Å². The Labute approximate surface area is 88.4 Å². The van der Waals surface area contributed by atoms with E-state index in [9.17, 15) is 4.39 Å². The first-order chi connectivity index (χ1) is 7.18. The molecule has 0 aliphatic heterocycles. The molecule has 2 rings (SSSR count). The Bertz CT molecular complexity index is 474. The summed E-state index contributed by atoms with van der Waals surface area (Å²) in [6.45, 7) is 1.76. The highest BCUT2D eigenvalue weighted by Crippen LogP contribution is 2.25. The number of anilines is 1. The Morgan fingerprint density at radius 1 is 1.00 bits per heavy atom. The summed E-state index contributed by atoms with van der Waals surface area (Å²) in [5, 5.41) is 0. The average Bonchev–Trinajstić information content (AvgIpc) is 2.24. The third-order valence-electron chi connectivity index (χ3n) is 2.41. The number of halogens is 1. The van der Waals surface area contributed by atoms with Crippen LogP contribution >= 0.6 is 0 Å². The Morgan fingerprint density at radius 2 is 1.67 bits per heavy atom. The van der Waals surface area contributed by atoms with Gasteiger partial charge in [0.25, 0.3) is 0 Å². The predicted octanol–water partition coefficient (Wildman–Crippen LogP) is 3.38. The Morgan fingerprint density at radius 3 is 2.33 bits per heavy atom. The highest BCUT2D eigenvalue weighted by molar-refractivity contribution is 5.66. The minimum Gasteiger partial charge on any atom is -0.399 e. The first kappa shape index (κ1) is 9.71. The van der Waals surface area contributed by atoms with Gasteiger partial charge >= 0.3 is 0 Å². The maximum Gasteiger partial charge on any atom is 0.133 e. The average molecular weight is 201 g/mol. The van der Waals surface area contributed by atoms with Crippen molar-refractivity contribution in [2.75, 3.05) is 5.73 Å². The summed E-state index contributed by atoms with van der Waals surface area (Å²) in [4.78, 5) is 0. The predicted molar refractivity (Wildman–Crippen MR) is 61.0 cm³/mol. The van der Waals surface area contributed by atoms with E-state index in [-0.39, 0.29) is 5.82 Å². The van der Waals surface area contributed by atoms with E-state index in [4.69, 9.17) is 5.73 Å². The molecule has 0 saturated heterocycles. The van der Waals surface area contributed by atoms with Gasteiger partial charge in [0.05, 0.1) is 0 Å². The number of aryl methyl sites for hydroxylation is 1. The summed E-state index contributed by atoms with van der Waals surface area (Å²) in [5.41, 5.74) is 8.40. The number of nitrogen functional groups attached to an aromatic ring is 1. The van der Waals surface area contributed by atoms with Crippen LogP contribution in [0.3, 0.4) is 0 Å². The zero-order valence-corrected chi connectivity index (χ0v) is 8.50. The molecule has 0 fully saturated rings. The summed E-state index contributed by atoms with van der Waals surface area (Å²) in [6.07, 6.45) is 0. The second-order valence-electron chi connectivity index (χ2n) is 3.56. The smallest absolute Gasteiger partial charge is 0.133 e. The number of benzene rings is 2. The van der Waals surface area contributed by atoms with Crippen LogP contribution in [0.25, 0.3) is 11.1 Å². The molecule has 2 aromatic rings. The first-order valence-corrected chi connectivity index (χ1v) is 4.79. The van der Waals surface area contributed by atoms with Gasteiger partial charge in [-0.2, -0.15) is 0 Å². The third-order valence-corrected chi connectivity index (χ3v) is 2.41. The van der Waals surface area contributed by atoms with Crippen LogP contribution in [0.1, 0.15) is 5.56 Å². The van der Waals surface area contributed by atoms with Gasteiger partial charge < -0.3 is 5.73 Å². The van der Waals surface area contributed by atoms with Gasteiger partial charge in [0.15, 0.2) is 0 Å². The molecule has 0 amide bonds. The summed E-state index contributed by atoms with van der Waals surface area (Å²) in [7, 11) is 0. The molecule has 2 aromatic carbocycles. The van der Waals surface area contributed by atoms with E-state index in [1.165, 1.54) is 0 Å². The van der Waals surface area contributed by atoms with E-state index in [1.54, 1.807) is 31.2 Å². The normalized spacial score (nSPS) is 10.3. The lowest BCUT2D eigenvalue weighted by molar-refractivity contribution is 0.622. The van der Waals surface area contributed by atoms with Crippen molar-refractivity contribution in [3.8, 4) is 11.1 Å². The van der Waals surface area contributed by atoms with E-state index in [0.717, 1.165) is 5.56 Å². The lowest BCUT2D eigenvalue weighted by Gasteiger charge is -2.05. The maximum atomic E-state index is 13.8. The van der Waals surface area contributed by atoms with E-state index in [0.29, 0.717) is 16.8 Å². The van der Waals surface area contributed by atoms with Crippen molar-refractivity contribution in [1.29, 1.82) is 0 Å². The van der Waals surface area contributed by atoms with E-state index < -0.39 is 0 Å². The van der Waals surface area contributed by atoms with Crippen LogP contribution < -0.4 is 5.73 Å². The molecule has 76 valence electrons. The molecule has 0 saturated carbocycles. The summed E-state index contributed by atoms with van der Waals surface area (Å²) in [6, 6.07) is 12.6. The number of hydrogen-bond donors (Lipinski definition) is 1. The first-order valence-electron chi connectivity index (χ1n) is 4.79. The molecule has 1 nitrogen and oxygen atoms in total. The summed E-state index contributed by atoms with van der Waals surface area (Å²) in [5.74, 6) is -0.165. The largest absolute Gasteiger partial charge is 0.399 e. The van der Waals surface area contributed by atoms with Crippen molar-refractivity contribution in [2.24, 2.45) is 0 Å². The third kappa shape index (κ3) is 1.84. The van der Waals surface area contributed by atoms with Gasteiger partial charge in [-0.25, -0.2) is 4.39 Å². The Hall–Kier alpha value is -1.83. The lowest BCUT2D eigenvalue weighted by Crippen LogP contribution is -1.89. The maximum absolute atomic E-state index is 13.8. The highest BCUT2D eigenvalue weighted by atomic mass is 19.1. The molecular weight excluding hydrogens is 189 g/mol. The summed E-state index contributed by atoms with van der Waals surface area (Å²) < 4.78 is 13.8. The minimum absolute atomic E-state index is 0.165. The molecule has 0 atom stereocenters. The van der Waals surface area contributed by atoms with Gasteiger partial charge in [-0.15, -0.1) is 0 Å². The Balaban J connectivity index is 2.54. The monoisotopic (exact) mass is 201 g/mol. The fourth-order valence-electron chi connectivity index (χ4n) is 1.53. The second kappa shape index (κ2) is 3.73. The molecule has 0 aliphatic carbocycles. The highest BCUT2D eigenvalue weighted by Gasteiger charge is 2.06. The zero-order valence-electron chi connectivity index (χ0n) is 8.50. The van der Waals surface area contributed by atoms with E-state index in [1.807, 2.05) is 18.2 Å². The van der Waals surface area contributed by atoms with Crippen molar-refractivity contribution in [3.63, 3.8) is 0 Å². The van der Waals surface area contributed by atoms with E-state index in [2.05, 4.69) is 0 Å². The fourth-order valence-corrected chi connectivity index (χ4v) is 1.53. The van der Waals surface area contributed by atoms with Crippen LogP contribution in [-0.2, 0) is 0 Å². The molecule has 0 bridgehead atoms. The molecule has 0 radical (unpaired) electrons. The van der Waals surface area contributed by atoms with Crippen molar-refractivity contribution in [3.05, 3.63) is 53.8 Å². The van der Waals surface area contributed by atoms with Crippen LogP contribution in [0.2, 0.25) is 0 Å². The molecule has 2 heteroatoms. The molecule has 15 heavy (non-hydrogen) atoms. The number of nitrogens with two attached hydrogens (primary N) is 1. The molecular formula is C13H12FN. The van der Waals surface area contributed by atoms with Gasteiger partial charge in [-0.3, -0.25) is 0 Å². The summed E-state index contributed by atoms with van der Waals surface area (Å²) >= 11 is 0. The molecule has 0 aliphatic rings. The molecule has 0 unspecified atom stereocenters. The van der Waals surface area contributed by atoms with Crippen LogP contribution in [0.4, 0.5) is 10.1 Å². The van der Waals surface area contributed by atoms with Crippen LogP contribution in [-0.4, -0.2) is 0 Å². The lowest BCUT2D eigenvalue weighted by atomic mass is 10.0. The number of rotatable bonds is 1. The number of hydrogen-bond acceptors (Lipinski definition) is 1. The van der Waals surface area contributed by atoms with Crippen LogP contribution in [0.5, 0.6) is 0 Å². The SMILES string of the molecule is Cc1cccc(-c2ccc(N)cc2)c1F. The quantitative estimate of drug-likeness (QED) is 0.703. The second-order valence-corrected chi connectivity index (χ2v) is 3.56.